The number of allylic oxidation sites excluding steroid dienone is 1. The summed E-state index contributed by atoms with van der Waals surface area (Å²) in [6.45, 7) is 3.24. The minimum absolute atomic E-state index is 0.634. The lowest BCUT2D eigenvalue weighted by molar-refractivity contribution is 0.256. The highest BCUT2D eigenvalue weighted by atomic mass is 15.0. The molecule has 1 aromatic heterocycles. The van der Waals surface area contributed by atoms with Gasteiger partial charge in [0.05, 0.1) is 0 Å². The first-order valence-electron chi connectivity index (χ1n) is 5.70. The molecule has 1 saturated heterocycles. The highest BCUT2D eigenvalue weighted by Crippen LogP contribution is 2.33. The average Bonchev–Trinajstić information content (AvgIpc) is 2.22. The van der Waals surface area contributed by atoms with Crippen LogP contribution in [0.1, 0.15) is 24.1 Å². The molecule has 3 rings (SSSR count). The van der Waals surface area contributed by atoms with E-state index >= 15 is 0 Å². The van der Waals surface area contributed by atoms with Crippen molar-refractivity contribution < 1.29 is 0 Å². The molecule has 1 aliphatic carbocycles. The third-order valence-corrected chi connectivity index (χ3v) is 3.57. The number of rotatable bonds is 1. The summed E-state index contributed by atoms with van der Waals surface area (Å²) in [5, 5.41) is 3.46. The molecule has 2 nitrogen and oxygen atoms in total. The van der Waals surface area contributed by atoms with E-state index in [4.69, 9.17) is 0 Å². The predicted molar refractivity (Wildman–Crippen MR) is 61.5 cm³/mol. The standard InChI is InChI=1S/C13H16N2/c1-9-2-3-11(7-14-9)10-4-5-12-8-15-13(12)6-10/h2-3,6-7,12-13,15H,4-5,8H2,1H3. The SMILES string of the molecule is Cc1ccc(C2=CC3NCC3CC2)cn1. The summed E-state index contributed by atoms with van der Waals surface area (Å²) in [6, 6.07) is 4.92. The van der Waals surface area contributed by atoms with Gasteiger partial charge in [-0.1, -0.05) is 12.1 Å². The van der Waals surface area contributed by atoms with E-state index in [1.165, 1.54) is 30.5 Å². The second-order valence-electron chi connectivity index (χ2n) is 4.61. The molecular weight excluding hydrogens is 184 g/mol. The van der Waals surface area contributed by atoms with Crippen LogP contribution in [-0.2, 0) is 0 Å². The third kappa shape index (κ3) is 1.59. The molecule has 0 aromatic carbocycles. The zero-order chi connectivity index (χ0) is 10.3. The molecular formula is C13H16N2. The molecule has 2 unspecified atom stereocenters. The Kier molecular flexibility index (Phi) is 2.10. The molecule has 0 spiro atoms. The van der Waals surface area contributed by atoms with Crippen LogP contribution in [0.5, 0.6) is 0 Å². The number of fused-ring (bicyclic) bond motifs is 1. The van der Waals surface area contributed by atoms with E-state index in [0.29, 0.717) is 6.04 Å². The van der Waals surface area contributed by atoms with Crippen molar-refractivity contribution in [2.75, 3.05) is 6.54 Å². The van der Waals surface area contributed by atoms with Crippen LogP contribution < -0.4 is 5.32 Å². The van der Waals surface area contributed by atoms with Gasteiger partial charge in [0.15, 0.2) is 0 Å². The van der Waals surface area contributed by atoms with Crippen molar-refractivity contribution in [2.24, 2.45) is 5.92 Å². The fourth-order valence-electron chi connectivity index (χ4n) is 2.44. The van der Waals surface area contributed by atoms with Crippen LogP contribution in [0.15, 0.2) is 24.4 Å². The minimum atomic E-state index is 0.634. The van der Waals surface area contributed by atoms with Gasteiger partial charge in [0.2, 0.25) is 0 Å². The molecule has 1 fully saturated rings. The number of nitrogens with one attached hydrogen (secondary N) is 1. The maximum Gasteiger partial charge on any atom is 0.0373 e. The molecule has 78 valence electrons. The molecule has 0 saturated carbocycles. The molecule has 0 amide bonds. The van der Waals surface area contributed by atoms with Gasteiger partial charge < -0.3 is 5.32 Å². The van der Waals surface area contributed by atoms with Crippen molar-refractivity contribution >= 4 is 5.57 Å². The molecule has 0 bridgehead atoms. The van der Waals surface area contributed by atoms with Crippen LogP contribution in [0.25, 0.3) is 5.57 Å². The van der Waals surface area contributed by atoms with E-state index in [1.807, 2.05) is 13.1 Å². The number of aromatic nitrogens is 1. The summed E-state index contributed by atoms with van der Waals surface area (Å²) < 4.78 is 0. The molecule has 2 heteroatoms. The van der Waals surface area contributed by atoms with Crippen LogP contribution in [-0.4, -0.2) is 17.6 Å². The van der Waals surface area contributed by atoms with E-state index in [2.05, 4.69) is 28.5 Å². The Labute approximate surface area is 90.4 Å². The van der Waals surface area contributed by atoms with Gasteiger partial charge in [0, 0.05) is 24.5 Å². The van der Waals surface area contributed by atoms with Crippen molar-refractivity contribution in [3.63, 3.8) is 0 Å². The maximum atomic E-state index is 4.36. The molecule has 2 aliphatic rings. The third-order valence-electron chi connectivity index (χ3n) is 3.57. The number of nitrogens with zero attached hydrogens (tertiary/aromatic N) is 1. The number of aryl methyl sites for hydroxylation is 1. The minimum Gasteiger partial charge on any atom is -0.310 e. The van der Waals surface area contributed by atoms with Gasteiger partial charge in [-0.25, -0.2) is 0 Å². The summed E-state index contributed by atoms with van der Waals surface area (Å²) in [4.78, 5) is 4.36. The van der Waals surface area contributed by atoms with Gasteiger partial charge in [-0.2, -0.15) is 0 Å². The first-order valence-corrected chi connectivity index (χ1v) is 5.70. The summed E-state index contributed by atoms with van der Waals surface area (Å²) in [6.07, 6.45) is 6.94. The van der Waals surface area contributed by atoms with Crippen molar-refractivity contribution in [2.45, 2.75) is 25.8 Å². The topological polar surface area (TPSA) is 24.9 Å². The van der Waals surface area contributed by atoms with Crippen LogP contribution in [0.2, 0.25) is 0 Å². The summed E-state index contributed by atoms with van der Waals surface area (Å²) in [5.41, 5.74) is 3.86. The second kappa shape index (κ2) is 3.46. The van der Waals surface area contributed by atoms with Crippen molar-refractivity contribution in [3.05, 3.63) is 35.7 Å². The average molecular weight is 200 g/mol. The summed E-state index contributed by atoms with van der Waals surface area (Å²) in [5.74, 6) is 0.896. The Bertz CT molecular complexity index is 392. The molecule has 0 radical (unpaired) electrons. The van der Waals surface area contributed by atoms with Gasteiger partial charge in [-0.15, -0.1) is 0 Å². The first-order chi connectivity index (χ1) is 7.33. The van der Waals surface area contributed by atoms with Gasteiger partial charge in [0.25, 0.3) is 0 Å². The fraction of sp³-hybridized carbons (Fsp3) is 0.462. The smallest absolute Gasteiger partial charge is 0.0373 e. The van der Waals surface area contributed by atoms with Gasteiger partial charge >= 0.3 is 0 Å². The van der Waals surface area contributed by atoms with Crippen molar-refractivity contribution in [1.29, 1.82) is 0 Å². The molecule has 15 heavy (non-hydrogen) atoms. The number of hydrogen-bond donors (Lipinski definition) is 1. The molecule has 1 aliphatic heterocycles. The molecule has 1 aromatic rings. The Morgan fingerprint density at radius 1 is 1.40 bits per heavy atom. The van der Waals surface area contributed by atoms with Crippen LogP contribution >= 0.6 is 0 Å². The summed E-state index contributed by atoms with van der Waals surface area (Å²) >= 11 is 0. The van der Waals surface area contributed by atoms with Crippen molar-refractivity contribution in [1.82, 2.24) is 10.3 Å². The molecule has 2 heterocycles. The van der Waals surface area contributed by atoms with Crippen LogP contribution in [0, 0.1) is 12.8 Å². The molecule has 1 N–H and O–H groups in total. The lowest BCUT2D eigenvalue weighted by atomic mass is 9.79. The van der Waals surface area contributed by atoms with Crippen LogP contribution in [0.4, 0.5) is 0 Å². The Hall–Kier alpha value is -1.15. The van der Waals surface area contributed by atoms with Gasteiger partial charge in [-0.05, 0) is 42.9 Å². The van der Waals surface area contributed by atoms with E-state index in [0.717, 1.165) is 11.6 Å². The highest BCUT2D eigenvalue weighted by molar-refractivity contribution is 5.66. The van der Waals surface area contributed by atoms with E-state index in [1.54, 1.807) is 0 Å². The zero-order valence-corrected chi connectivity index (χ0v) is 9.03. The lowest BCUT2D eigenvalue weighted by Crippen LogP contribution is -2.52. The maximum absolute atomic E-state index is 4.36. The number of pyridine rings is 1. The van der Waals surface area contributed by atoms with Gasteiger partial charge in [-0.3, -0.25) is 4.98 Å². The predicted octanol–water partition coefficient (Wildman–Crippen LogP) is 2.16. The first kappa shape index (κ1) is 9.10. The zero-order valence-electron chi connectivity index (χ0n) is 9.03. The summed E-state index contributed by atoms with van der Waals surface area (Å²) in [7, 11) is 0. The number of hydrogen-bond acceptors (Lipinski definition) is 2. The van der Waals surface area contributed by atoms with E-state index < -0.39 is 0 Å². The lowest BCUT2D eigenvalue weighted by Gasteiger charge is -2.40. The Morgan fingerprint density at radius 2 is 2.33 bits per heavy atom. The monoisotopic (exact) mass is 200 g/mol. The second-order valence-corrected chi connectivity index (χ2v) is 4.61. The van der Waals surface area contributed by atoms with Crippen molar-refractivity contribution in [3.8, 4) is 0 Å². The normalized spacial score (nSPS) is 29.0. The molecule has 2 atom stereocenters. The Morgan fingerprint density at radius 3 is 2.93 bits per heavy atom. The Balaban J connectivity index is 1.87. The van der Waals surface area contributed by atoms with E-state index in [-0.39, 0.29) is 0 Å². The quantitative estimate of drug-likeness (QED) is 0.751. The largest absolute Gasteiger partial charge is 0.310 e. The van der Waals surface area contributed by atoms with Crippen LogP contribution in [0.3, 0.4) is 0 Å². The van der Waals surface area contributed by atoms with Gasteiger partial charge in [0.1, 0.15) is 0 Å². The highest BCUT2D eigenvalue weighted by Gasteiger charge is 2.31. The van der Waals surface area contributed by atoms with E-state index in [9.17, 15) is 0 Å². The fourth-order valence-corrected chi connectivity index (χ4v) is 2.44.